The van der Waals surface area contributed by atoms with E-state index in [9.17, 15) is 4.79 Å². The molecule has 2 aromatic rings. The van der Waals surface area contributed by atoms with Crippen molar-refractivity contribution in [1.29, 1.82) is 0 Å². The van der Waals surface area contributed by atoms with Crippen LogP contribution >= 0.6 is 27.5 Å². The van der Waals surface area contributed by atoms with Gasteiger partial charge in [-0.1, -0.05) is 30.7 Å². The number of carbonyl (C=O) groups is 1. The second kappa shape index (κ2) is 5.88. The Balaban J connectivity index is 2.30. The van der Waals surface area contributed by atoms with Gasteiger partial charge in [0.15, 0.2) is 5.78 Å². The summed E-state index contributed by atoms with van der Waals surface area (Å²) in [6.45, 7) is 2.03. The van der Waals surface area contributed by atoms with Crippen LogP contribution in [0, 0.1) is 0 Å². The Morgan fingerprint density at radius 3 is 2.68 bits per heavy atom. The smallest absolute Gasteiger partial charge is 0.170 e. The molecule has 100 valence electrons. The molecule has 0 unspecified atom stereocenters. The average Bonchev–Trinajstić information content (AvgIpc) is 2.66. The number of carbonyl (C=O) groups excluding carboxylic acids is 1. The molecule has 0 amide bonds. The van der Waals surface area contributed by atoms with Crippen molar-refractivity contribution in [1.82, 2.24) is 9.78 Å². The molecule has 1 heterocycles. The average molecular weight is 342 g/mol. The Hall–Kier alpha value is -1.13. The van der Waals surface area contributed by atoms with Gasteiger partial charge in [-0.2, -0.15) is 5.10 Å². The fourth-order valence-electron chi connectivity index (χ4n) is 1.95. The maximum absolute atomic E-state index is 12.3. The van der Waals surface area contributed by atoms with Gasteiger partial charge in [0.05, 0.1) is 27.3 Å². The first-order valence-corrected chi connectivity index (χ1v) is 7.19. The zero-order chi connectivity index (χ0) is 14.0. The standard InChI is InChI=1S/C14H14BrClN2O/c1-3-11-14(15)12(18(2)17-11)8-13(19)9-6-4-5-7-10(9)16/h4-7H,3,8H2,1-2H3. The molecule has 0 atom stereocenters. The van der Waals surface area contributed by atoms with Gasteiger partial charge >= 0.3 is 0 Å². The molecule has 0 fully saturated rings. The summed E-state index contributed by atoms with van der Waals surface area (Å²) in [5.41, 5.74) is 2.39. The number of benzene rings is 1. The highest BCUT2D eigenvalue weighted by Crippen LogP contribution is 2.24. The van der Waals surface area contributed by atoms with Crippen molar-refractivity contribution < 1.29 is 4.79 Å². The molecule has 0 aliphatic rings. The summed E-state index contributed by atoms with van der Waals surface area (Å²) in [4.78, 5) is 12.3. The number of nitrogens with zero attached hydrogens (tertiary/aromatic N) is 2. The molecule has 0 aliphatic carbocycles. The SMILES string of the molecule is CCc1nn(C)c(CC(=O)c2ccccc2Cl)c1Br. The van der Waals surface area contributed by atoms with Gasteiger partial charge < -0.3 is 0 Å². The topological polar surface area (TPSA) is 34.9 Å². The predicted molar refractivity (Wildman–Crippen MR) is 79.8 cm³/mol. The summed E-state index contributed by atoms with van der Waals surface area (Å²) < 4.78 is 2.66. The molecule has 0 radical (unpaired) electrons. The van der Waals surface area contributed by atoms with Gasteiger partial charge in [-0.15, -0.1) is 0 Å². The van der Waals surface area contributed by atoms with E-state index in [4.69, 9.17) is 11.6 Å². The first-order chi connectivity index (χ1) is 9.04. The molecular weight excluding hydrogens is 328 g/mol. The van der Waals surface area contributed by atoms with E-state index in [2.05, 4.69) is 21.0 Å². The van der Waals surface area contributed by atoms with Crippen molar-refractivity contribution in [3.63, 3.8) is 0 Å². The maximum atomic E-state index is 12.3. The zero-order valence-electron chi connectivity index (χ0n) is 10.8. The van der Waals surface area contributed by atoms with Gasteiger partial charge in [-0.3, -0.25) is 9.48 Å². The summed E-state index contributed by atoms with van der Waals surface area (Å²) in [6.07, 6.45) is 1.11. The van der Waals surface area contributed by atoms with Crippen molar-refractivity contribution >= 4 is 33.3 Å². The number of ketones is 1. The van der Waals surface area contributed by atoms with E-state index in [1.807, 2.05) is 26.1 Å². The van der Waals surface area contributed by atoms with E-state index < -0.39 is 0 Å². The molecule has 19 heavy (non-hydrogen) atoms. The van der Waals surface area contributed by atoms with E-state index in [0.29, 0.717) is 10.6 Å². The van der Waals surface area contributed by atoms with Crippen molar-refractivity contribution in [2.75, 3.05) is 0 Å². The molecule has 0 saturated carbocycles. The van der Waals surface area contributed by atoms with Gasteiger partial charge in [0.2, 0.25) is 0 Å². The van der Waals surface area contributed by atoms with E-state index in [0.717, 1.165) is 22.3 Å². The van der Waals surface area contributed by atoms with Gasteiger partial charge in [0, 0.05) is 12.6 Å². The summed E-state index contributed by atoms with van der Waals surface area (Å²) in [5, 5.41) is 4.87. The molecule has 0 N–H and O–H groups in total. The lowest BCUT2D eigenvalue weighted by molar-refractivity contribution is 0.0990. The van der Waals surface area contributed by atoms with Crippen molar-refractivity contribution in [3.05, 3.63) is 50.7 Å². The molecule has 5 heteroatoms. The monoisotopic (exact) mass is 340 g/mol. The molecule has 1 aromatic carbocycles. The maximum Gasteiger partial charge on any atom is 0.170 e. The van der Waals surface area contributed by atoms with Crippen molar-refractivity contribution in [3.8, 4) is 0 Å². The van der Waals surface area contributed by atoms with Gasteiger partial charge in [-0.05, 0) is 34.5 Å². The van der Waals surface area contributed by atoms with Gasteiger partial charge in [0.25, 0.3) is 0 Å². The lowest BCUT2D eigenvalue weighted by Gasteiger charge is -2.04. The van der Waals surface area contributed by atoms with Crippen molar-refractivity contribution in [2.45, 2.75) is 19.8 Å². The minimum absolute atomic E-state index is 0.00282. The lowest BCUT2D eigenvalue weighted by Crippen LogP contribution is -2.08. The second-order valence-corrected chi connectivity index (χ2v) is 5.46. The highest BCUT2D eigenvalue weighted by molar-refractivity contribution is 9.10. The number of rotatable bonds is 4. The van der Waals surface area contributed by atoms with Crippen LogP contribution in [0.1, 0.15) is 28.7 Å². The first-order valence-electron chi connectivity index (χ1n) is 6.02. The molecule has 0 bridgehead atoms. The zero-order valence-corrected chi connectivity index (χ0v) is 13.1. The Kier molecular flexibility index (Phi) is 4.42. The number of aryl methyl sites for hydroxylation is 2. The Morgan fingerprint density at radius 2 is 2.11 bits per heavy atom. The van der Waals surface area contributed by atoms with Crippen LogP contribution in [-0.2, 0) is 19.9 Å². The largest absolute Gasteiger partial charge is 0.294 e. The number of aromatic nitrogens is 2. The van der Waals surface area contributed by atoms with Crippen LogP contribution in [0.15, 0.2) is 28.7 Å². The third-order valence-electron chi connectivity index (χ3n) is 3.01. The van der Waals surface area contributed by atoms with Crippen molar-refractivity contribution in [2.24, 2.45) is 7.05 Å². The molecule has 0 aliphatic heterocycles. The summed E-state index contributed by atoms with van der Waals surface area (Å²) in [6, 6.07) is 7.10. The Bertz CT molecular complexity index is 622. The second-order valence-electron chi connectivity index (χ2n) is 4.26. The van der Waals surface area contributed by atoms with Crippen LogP contribution in [0.2, 0.25) is 5.02 Å². The number of hydrogen-bond donors (Lipinski definition) is 0. The lowest BCUT2D eigenvalue weighted by atomic mass is 10.1. The first kappa shape index (κ1) is 14.3. The highest BCUT2D eigenvalue weighted by atomic mass is 79.9. The van der Waals surface area contributed by atoms with E-state index in [-0.39, 0.29) is 12.2 Å². The summed E-state index contributed by atoms with van der Waals surface area (Å²) in [5.74, 6) is -0.00282. The quantitative estimate of drug-likeness (QED) is 0.792. The molecule has 2 rings (SSSR count). The van der Waals surface area contributed by atoms with Crippen LogP contribution in [0.3, 0.4) is 0 Å². The Labute approximate surface area is 125 Å². The minimum Gasteiger partial charge on any atom is -0.294 e. The van der Waals surface area contributed by atoms with Gasteiger partial charge in [-0.25, -0.2) is 0 Å². The fraction of sp³-hybridized carbons (Fsp3) is 0.286. The van der Waals surface area contributed by atoms with Crippen LogP contribution in [0.25, 0.3) is 0 Å². The molecular formula is C14H14BrClN2O. The molecule has 0 saturated heterocycles. The van der Waals surface area contributed by atoms with E-state index >= 15 is 0 Å². The van der Waals surface area contributed by atoms with Crippen LogP contribution in [0.4, 0.5) is 0 Å². The van der Waals surface area contributed by atoms with Crippen LogP contribution in [0.5, 0.6) is 0 Å². The third-order valence-corrected chi connectivity index (χ3v) is 4.25. The highest BCUT2D eigenvalue weighted by Gasteiger charge is 2.18. The summed E-state index contributed by atoms with van der Waals surface area (Å²) >= 11 is 9.56. The van der Waals surface area contributed by atoms with Crippen LogP contribution < -0.4 is 0 Å². The number of Topliss-reactive ketones (excluding diaryl/α,β-unsaturated/α-hetero) is 1. The van der Waals surface area contributed by atoms with Gasteiger partial charge in [0.1, 0.15) is 0 Å². The molecule has 0 spiro atoms. The van der Waals surface area contributed by atoms with E-state index in [1.165, 1.54) is 0 Å². The minimum atomic E-state index is -0.00282. The predicted octanol–water partition coefficient (Wildman–Crippen LogP) is 3.82. The third kappa shape index (κ3) is 2.90. The number of hydrogen-bond acceptors (Lipinski definition) is 2. The normalized spacial score (nSPS) is 10.7. The van der Waals surface area contributed by atoms with Crippen LogP contribution in [-0.4, -0.2) is 15.6 Å². The number of halogens is 2. The van der Waals surface area contributed by atoms with E-state index in [1.54, 1.807) is 16.8 Å². The molecule has 3 nitrogen and oxygen atoms in total. The Morgan fingerprint density at radius 1 is 1.42 bits per heavy atom. The molecule has 1 aromatic heterocycles. The summed E-state index contributed by atoms with van der Waals surface area (Å²) in [7, 11) is 1.85. The fourth-order valence-corrected chi connectivity index (χ4v) is 2.94.